The molecule has 0 bridgehead atoms. The average molecular weight is 467 g/mol. The van der Waals surface area contributed by atoms with E-state index < -0.39 is 6.09 Å². The molecule has 33 heavy (non-hydrogen) atoms. The minimum Gasteiger partial charge on any atom is -0.465 e. The van der Waals surface area contributed by atoms with Crippen LogP contribution in [0.5, 0.6) is 11.5 Å². The summed E-state index contributed by atoms with van der Waals surface area (Å²) in [5.41, 5.74) is 3.45. The first kappa shape index (κ1) is 21.8. The van der Waals surface area contributed by atoms with Crippen molar-refractivity contribution in [1.82, 2.24) is 15.1 Å². The quantitative estimate of drug-likeness (QED) is 0.512. The van der Waals surface area contributed by atoms with Crippen molar-refractivity contribution in [2.24, 2.45) is 0 Å². The molecular weight excluding hydrogens is 440 g/mol. The van der Waals surface area contributed by atoms with Gasteiger partial charge in [-0.3, -0.25) is 9.58 Å². The number of halogens is 1. The molecule has 0 aliphatic carbocycles. The number of rotatable bonds is 4. The number of piperidine rings is 1. The fourth-order valence-corrected chi connectivity index (χ4v) is 4.93. The van der Waals surface area contributed by atoms with E-state index in [0.29, 0.717) is 28.3 Å². The van der Waals surface area contributed by atoms with E-state index in [1.165, 1.54) is 4.90 Å². The zero-order chi connectivity index (χ0) is 22.9. The summed E-state index contributed by atoms with van der Waals surface area (Å²) in [4.78, 5) is 13.5. The minimum absolute atomic E-state index is 0.0908. The predicted octanol–water partition coefficient (Wildman–Crippen LogP) is 5.74. The van der Waals surface area contributed by atoms with Gasteiger partial charge in [0.05, 0.1) is 17.9 Å². The van der Waals surface area contributed by atoms with Crippen LogP contribution in [0.3, 0.4) is 0 Å². The lowest BCUT2D eigenvalue weighted by Gasteiger charge is -2.34. The highest BCUT2D eigenvalue weighted by Crippen LogP contribution is 2.45. The summed E-state index contributed by atoms with van der Waals surface area (Å²) >= 11 is 6.06. The van der Waals surface area contributed by atoms with E-state index in [0.717, 1.165) is 55.5 Å². The molecule has 3 aromatic rings. The van der Waals surface area contributed by atoms with E-state index in [-0.39, 0.29) is 6.04 Å². The lowest BCUT2D eigenvalue weighted by atomic mass is 9.92. The van der Waals surface area contributed by atoms with Crippen LogP contribution < -0.4 is 15.0 Å². The van der Waals surface area contributed by atoms with Crippen LogP contribution >= 0.6 is 11.6 Å². The van der Waals surface area contributed by atoms with Crippen LogP contribution in [-0.4, -0.2) is 40.1 Å². The van der Waals surface area contributed by atoms with Gasteiger partial charge < -0.3 is 15.2 Å². The summed E-state index contributed by atoms with van der Waals surface area (Å²) in [6, 6.07) is 11.3. The second-order valence-electron chi connectivity index (χ2n) is 8.73. The van der Waals surface area contributed by atoms with Crippen molar-refractivity contribution in [2.75, 3.05) is 18.0 Å². The Morgan fingerprint density at radius 1 is 1.15 bits per heavy atom. The number of nitrogens with zero attached hydrogens (tertiary/aromatic N) is 3. The third kappa shape index (κ3) is 4.30. The van der Waals surface area contributed by atoms with Gasteiger partial charge in [0.2, 0.25) is 0 Å². The van der Waals surface area contributed by atoms with E-state index >= 15 is 0 Å². The molecule has 7 nitrogen and oxygen atoms in total. The Bertz CT molecular complexity index is 1150. The lowest BCUT2D eigenvalue weighted by molar-refractivity contribution is 0.198. The van der Waals surface area contributed by atoms with Gasteiger partial charge in [0.1, 0.15) is 11.5 Å². The SMILES string of the molecule is C[C@H]1CCc2c(ccc(-c3cnn(C4CCNCC4)c3)c2Oc2ccc(Cl)cc2)N1C(=O)O. The van der Waals surface area contributed by atoms with Crippen molar-refractivity contribution in [3.05, 3.63) is 59.4 Å². The molecule has 0 unspecified atom stereocenters. The van der Waals surface area contributed by atoms with E-state index in [1.807, 2.05) is 42.1 Å². The first-order chi connectivity index (χ1) is 16.0. The fourth-order valence-electron chi connectivity index (χ4n) is 4.81. The van der Waals surface area contributed by atoms with Gasteiger partial charge >= 0.3 is 6.09 Å². The lowest BCUT2D eigenvalue weighted by Crippen LogP contribution is -2.41. The number of hydrogen-bond donors (Lipinski definition) is 2. The molecule has 2 aliphatic heterocycles. The number of nitrogens with one attached hydrogen (secondary N) is 1. The molecule has 0 radical (unpaired) electrons. The molecule has 2 aromatic carbocycles. The van der Waals surface area contributed by atoms with Gasteiger partial charge in [-0.15, -0.1) is 0 Å². The van der Waals surface area contributed by atoms with Crippen LogP contribution in [0.15, 0.2) is 48.8 Å². The first-order valence-corrected chi connectivity index (χ1v) is 11.8. The Balaban J connectivity index is 1.59. The third-order valence-corrected chi connectivity index (χ3v) is 6.84. The van der Waals surface area contributed by atoms with Crippen LogP contribution in [0, 0.1) is 0 Å². The first-order valence-electron chi connectivity index (χ1n) is 11.4. The maximum Gasteiger partial charge on any atom is 0.412 e. The van der Waals surface area contributed by atoms with Gasteiger partial charge in [-0.05, 0) is 82.1 Å². The Morgan fingerprint density at radius 3 is 2.64 bits per heavy atom. The van der Waals surface area contributed by atoms with E-state index in [9.17, 15) is 9.90 Å². The number of hydrogen-bond acceptors (Lipinski definition) is 4. The number of carboxylic acid groups (broad SMARTS) is 1. The maximum absolute atomic E-state index is 12.0. The Hall–Kier alpha value is -3.03. The average Bonchev–Trinajstić information content (AvgIpc) is 3.31. The van der Waals surface area contributed by atoms with Crippen LogP contribution in [-0.2, 0) is 6.42 Å². The van der Waals surface area contributed by atoms with Crippen LogP contribution in [0.4, 0.5) is 10.5 Å². The summed E-state index contributed by atoms with van der Waals surface area (Å²) in [6.45, 7) is 3.92. The molecule has 0 spiro atoms. The van der Waals surface area contributed by atoms with E-state index in [2.05, 4.69) is 16.6 Å². The van der Waals surface area contributed by atoms with Gasteiger partial charge in [-0.2, -0.15) is 5.10 Å². The second kappa shape index (κ2) is 9.08. The third-order valence-electron chi connectivity index (χ3n) is 6.58. The highest BCUT2D eigenvalue weighted by atomic mass is 35.5. The monoisotopic (exact) mass is 466 g/mol. The van der Waals surface area contributed by atoms with Gasteiger partial charge in [0.15, 0.2) is 0 Å². The number of fused-ring (bicyclic) bond motifs is 1. The molecule has 0 saturated carbocycles. The van der Waals surface area contributed by atoms with Crippen LogP contribution in [0.2, 0.25) is 5.02 Å². The summed E-state index contributed by atoms with van der Waals surface area (Å²) in [6.07, 6.45) is 6.56. The minimum atomic E-state index is -0.952. The molecule has 2 N–H and O–H groups in total. The Kier molecular flexibility index (Phi) is 6.00. The number of amides is 1. The van der Waals surface area contributed by atoms with Crippen molar-refractivity contribution >= 4 is 23.4 Å². The van der Waals surface area contributed by atoms with Crippen molar-refractivity contribution in [1.29, 1.82) is 0 Å². The molecule has 172 valence electrons. The molecule has 1 amide bonds. The van der Waals surface area contributed by atoms with Crippen molar-refractivity contribution in [3.8, 4) is 22.6 Å². The molecule has 2 aliphatic rings. The summed E-state index contributed by atoms with van der Waals surface area (Å²) < 4.78 is 8.46. The number of benzene rings is 2. The highest BCUT2D eigenvalue weighted by Gasteiger charge is 2.32. The molecule has 5 rings (SSSR count). The van der Waals surface area contributed by atoms with Gasteiger partial charge in [-0.1, -0.05) is 11.6 Å². The van der Waals surface area contributed by atoms with Crippen molar-refractivity contribution in [3.63, 3.8) is 0 Å². The molecule has 1 saturated heterocycles. The summed E-state index contributed by atoms with van der Waals surface area (Å²) in [7, 11) is 0. The zero-order valence-corrected chi connectivity index (χ0v) is 19.3. The Labute approximate surface area is 197 Å². The van der Waals surface area contributed by atoms with Crippen molar-refractivity contribution < 1.29 is 14.6 Å². The molecule has 1 aromatic heterocycles. The van der Waals surface area contributed by atoms with Crippen molar-refractivity contribution in [2.45, 2.75) is 44.7 Å². The second-order valence-corrected chi connectivity index (χ2v) is 9.16. The fraction of sp³-hybridized carbons (Fsp3) is 0.360. The van der Waals surface area contributed by atoms with E-state index in [1.54, 1.807) is 12.1 Å². The van der Waals surface area contributed by atoms with Crippen LogP contribution in [0.25, 0.3) is 11.1 Å². The smallest absolute Gasteiger partial charge is 0.412 e. The number of ether oxygens (including phenoxy) is 1. The zero-order valence-electron chi connectivity index (χ0n) is 18.5. The standard InChI is InChI=1S/C25H27ClN4O3/c1-16-2-7-22-23(30(16)25(31)32)9-8-21(24(22)33-20-5-3-18(26)4-6-20)17-14-28-29(15-17)19-10-12-27-13-11-19/h3-6,8-9,14-16,19,27H,2,7,10-13H2,1H3,(H,31,32)/t16-/m0/s1. The molecule has 3 heterocycles. The molecule has 1 fully saturated rings. The van der Waals surface area contributed by atoms with E-state index in [4.69, 9.17) is 16.3 Å². The molecular formula is C25H27ClN4O3. The van der Waals surface area contributed by atoms with Gasteiger partial charge in [0, 0.05) is 34.0 Å². The molecule has 1 atom stereocenters. The number of anilines is 1. The maximum atomic E-state index is 12.0. The Morgan fingerprint density at radius 2 is 1.91 bits per heavy atom. The summed E-state index contributed by atoms with van der Waals surface area (Å²) in [5, 5.41) is 18.5. The number of carbonyl (C=O) groups is 1. The predicted molar refractivity (Wildman–Crippen MR) is 129 cm³/mol. The largest absolute Gasteiger partial charge is 0.465 e. The summed E-state index contributed by atoms with van der Waals surface area (Å²) in [5.74, 6) is 1.33. The normalized spacial score (nSPS) is 18.7. The van der Waals surface area contributed by atoms with Gasteiger partial charge in [0.25, 0.3) is 0 Å². The molecule has 8 heteroatoms. The van der Waals surface area contributed by atoms with Gasteiger partial charge in [-0.25, -0.2) is 4.79 Å². The number of aromatic nitrogens is 2. The van der Waals surface area contributed by atoms with Crippen LogP contribution in [0.1, 0.15) is 37.8 Å². The topological polar surface area (TPSA) is 79.6 Å². The highest BCUT2D eigenvalue weighted by molar-refractivity contribution is 6.30.